The van der Waals surface area contributed by atoms with Gasteiger partial charge >= 0.3 is 0 Å². The summed E-state index contributed by atoms with van der Waals surface area (Å²) in [5, 5.41) is 5.53. The maximum absolute atomic E-state index is 13.3. The number of nitrogens with one attached hydrogen (secondary N) is 2. The van der Waals surface area contributed by atoms with E-state index in [9.17, 15) is 18.0 Å². The summed E-state index contributed by atoms with van der Waals surface area (Å²) in [5.41, 5.74) is 2.79. The molecular weight excluding hydrogens is 426 g/mol. The minimum absolute atomic E-state index is 0.0845. The first kappa shape index (κ1) is 21.7. The van der Waals surface area contributed by atoms with Crippen molar-refractivity contribution in [3.63, 3.8) is 0 Å². The highest BCUT2D eigenvalue weighted by Crippen LogP contribution is 2.29. The predicted molar refractivity (Wildman–Crippen MR) is 122 cm³/mol. The van der Waals surface area contributed by atoms with E-state index in [-0.39, 0.29) is 16.6 Å². The van der Waals surface area contributed by atoms with Crippen LogP contribution in [0.5, 0.6) is 0 Å². The number of carbonyl (C=O) groups is 2. The van der Waals surface area contributed by atoms with Gasteiger partial charge in [0.2, 0.25) is 11.8 Å². The van der Waals surface area contributed by atoms with Crippen LogP contribution in [-0.4, -0.2) is 31.0 Å². The monoisotopic (exact) mass is 449 g/mol. The van der Waals surface area contributed by atoms with Crippen molar-refractivity contribution in [3.8, 4) is 0 Å². The molecule has 164 valence electrons. The Bertz CT molecular complexity index is 1270. The quantitative estimate of drug-likeness (QED) is 0.600. The Labute approximate surface area is 186 Å². The highest BCUT2D eigenvalue weighted by Gasteiger charge is 2.30. The number of benzene rings is 2. The van der Waals surface area contributed by atoms with E-state index in [1.54, 1.807) is 48.7 Å². The molecule has 8 heteroatoms. The van der Waals surface area contributed by atoms with Gasteiger partial charge in [0, 0.05) is 18.3 Å². The summed E-state index contributed by atoms with van der Waals surface area (Å²) in [4.78, 5) is 29.1. The highest BCUT2D eigenvalue weighted by molar-refractivity contribution is 7.91. The van der Waals surface area contributed by atoms with Crippen LogP contribution >= 0.6 is 0 Å². The van der Waals surface area contributed by atoms with E-state index in [2.05, 4.69) is 15.6 Å². The molecule has 1 unspecified atom stereocenters. The number of hydrogen-bond donors (Lipinski definition) is 2. The van der Waals surface area contributed by atoms with Crippen LogP contribution in [-0.2, 0) is 25.8 Å². The number of rotatable bonds is 6. The Kier molecular flexibility index (Phi) is 6.05. The summed E-state index contributed by atoms with van der Waals surface area (Å²) in [6, 6.07) is 17.1. The zero-order chi connectivity index (χ0) is 22.7. The molecule has 0 saturated carbocycles. The third kappa shape index (κ3) is 4.70. The van der Waals surface area contributed by atoms with E-state index in [0.717, 1.165) is 11.1 Å². The van der Waals surface area contributed by atoms with Crippen molar-refractivity contribution in [2.24, 2.45) is 0 Å². The lowest BCUT2D eigenvalue weighted by Gasteiger charge is -2.20. The van der Waals surface area contributed by atoms with Crippen molar-refractivity contribution in [2.45, 2.75) is 30.6 Å². The molecule has 0 aliphatic carbocycles. The fourth-order valence-corrected chi connectivity index (χ4v) is 5.27. The maximum atomic E-state index is 13.3. The summed E-state index contributed by atoms with van der Waals surface area (Å²) in [7, 11) is -3.80. The van der Waals surface area contributed by atoms with Gasteiger partial charge in [0.1, 0.15) is 5.82 Å². The van der Waals surface area contributed by atoms with Gasteiger partial charge in [-0.05, 0) is 54.3 Å². The van der Waals surface area contributed by atoms with E-state index in [4.69, 9.17) is 0 Å². The fourth-order valence-electron chi connectivity index (χ4n) is 3.70. The zero-order valence-corrected chi connectivity index (χ0v) is 18.4. The van der Waals surface area contributed by atoms with E-state index in [1.165, 1.54) is 6.07 Å². The lowest BCUT2D eigenvalue weighted by molar-refractivity contribution is -0.117. The zero-order valence-electron chi connectivity index (χ0n) is 17.5. The number of aromatic nitrogens is 1. The third-order valence-electron chi connectivity index (χ3n) is 5.49. The number of hydrogen-bond acceptors (Lipinski definition) is 5. The largest absolute Gasteiger partial charge is 0.326 e. The van der Waals surface area contributed by atoms with Crippen molar-refractivity contribution < 1.29 is 18.0 Å². The second-order valence-electron chi connectivity index (χ2n) is 7.77. The minimum atomic E-state index is -3.80. The van der Waals surface area contributed by atoms with Crippen molar-refractivity contribution >= 4 is 33.2 Å². The van der Waals surface area contributed by atoms with E-state index in [1.807, 2.05) is 19.1 Å². The number of pyridine rings is 1. The highest BCUT2D eigenvalue weighted by atomic mass is 32.2. The van der Waals surface area contributed by atoms with Crippen LogP contribution in [0.1, 0.15) is 29.0 Å². The second kappa shape index (κ2) is 8.92. The van der Waals surface area contributed by atoms with Crippen LogP contribution in [0.15, 0.2) is 71.8 Å². The van der Waals surface area contributed by atoms with Gasteiger partial charge in [0.25, 0.3) is 0 Å². The van der Waals surface area contributed by atoms with Gasteiger partial charge in [-0.25, -0.2) is 13.4 Å². The molecule has 2 amide bonds. The molecule has 1 aliphatic heterocycles. The number of fused-ring (bicyclic) bond motifs is 1. The number of carbonyl (C=O) groups excluding carboxylic acids is 2. The van der Waals surface area contributed by atoms with Gasteiger partial charge in [-0.3, -0.25) is 9.59 Å². The van der Waals surface area contributed by atoms with E-state index in [0.29, 0.717) is 29.9 Å². The smallest absolute Gasteiger partial charge is 0.234 e. The van der Waals surface area contributed by atoms with Crippen LogP contribution in [0.3, 0.4) is 0 Å². The van der Waals surface area contributed by atoms with Crippen LogP contribution in [0.4, 0.5) is 11.5 Å². The second-order valence-corrected chi connectivity index (χ2v) is 9.80. The first-order valence-corrected chi connectivity index (χ1v) is 11.9. The summed E-state index contributed by atoms with van der Waals surface area (Å²) >= 11 is 0. The Balaban J connectivity index is 1.64. The predicted octanol–water partition coefficient (Wildman–Crippen LogP) is 3.47. The SMILES string of the molecule is Cc1cccnc1NC(=O)C(CS(=O)(=O)c1ccc2c(c1)CCC(=O)N2)c1ccccc1. The van der Waals surface area contributed by atoms with Crippen LogP contribution in [0.25, 0.3) is 0 Å². The molecule has 1 aliphatic rings. The summed E-state index contributed by atoms with van der Waals surface area (Å²) in [6.07, 6.45) is 2.36. The Morgan fingerprint density at radius 1 is 1.09 bits per heavy atom. The van der Waals surface area contributed by atoms with Crippen LogP contribution in [0, 0.1) is 6.92 Å². The van der Waals surface area contributed by atoms with E-state index < -0.39 is 21.7 Å². The normalized spacial score (nSPS) is 14.2. The molecule has 1 aromatic heterocycles. The van der Waals surface area contributed by atoms with Gasteiger partial charge in [0.15, 0.2) is 9.84 Å². The van der Waals surface area contributed by atoms with Crippen molar-refractivity contribution in [2.75, 3.05) is 16.4 Å². The number of nitrogens with zero attached hydrogens (tertiary/aromatic N) is 1. The van der Waals surface area contributed by atoms with Crippen molar-refractivity contribution in [1.82, 2.24) is 4.98 Å². The molecule has 2 heterocycles. The average Bonchev–Trinajstić information content (AvgIpc) is 2.79. The number of amides is 2. The topological polar surface area (TPSA) is 105 Å². The summed E-state index contributed by atoms with van der Waals surface area (Å²) in [6.45, 7) is 1.82. The fraction of sp³-hybridized carbons (Fsp3) is 0.208. The van der Waals surface area contributed by atoms with E-state index >= 15 is 0 Å². The molecule has 0 fully saturated rings. The molecule has 0 spiro atoms. The average molecular weight is 450 g/mol. The maximum Gasteiger partial charge on any atom is 0.234 e. The molecule has 2 aromatic carbocycles. The molecule has 0 bridgehead atoms. The third-order valence-corrected chi connectivity index (χ3v) is 7.23. The molecule has 4 rings (SSSR count). The van der Waals surface area contributed by atoms with Crippen molar-refractivity contribution in [3.05, 3.63) is 83.6 Å². The van der Waals surface area contributed by atoms with Gasteiger partial charge in [-0.2, -0.15) is 0 Å². The number of sulfone groups is 1. The Hall–Kier alpha value is -3.52. The standard InChI is InChI=1S/C24H23N3O4S/c1-16-6-5-13-25-23(16)27-24(29)20(17-7-3-2-4-8-17)15-32(30,31)19-10-11-21-18(14-19)9-12-22(28)26-21/h2-8,10-11,13-14,20H,9,12,15H2,1H3,(H,26,28)(H,25,27,29). The lowest BCUT2D eigenvalue weighted by atomic mass is 10.0. The lowest BCUT2D eigenvalue weighted by Crippen LogP contribution is -2.28. The molecule has 0 saturated heterocycles. The van der Waals surface area contributed by atoms with Crippen LogP contribution < -0.4 is 10.6 Å². The van der Waals surface area contributed by atoms with Gasteiger partial charge < -0.3 is 10.6 Å². The number of aryl methyl sites for hydroxylation is 2. The number of anilines is 2. The minimum Gasteiger partial charge on any atom is -0.326 e. The first-order valence-electron chi connectivity index (χ1n) is 10.3. The van der Waals surface area contributed by atoms with Crippen LogP contribution in [0.2, 0.25) is 0 Å². The van der Waals surface area contributed by atoms with Gasteiger partial charge in [-0.1, -0.05) is 36.4 Å². The summed E-state index contributed by atoms with van der Waals surface area (Å²) in [5.74, 6) is -1.43. The molecule has 3 aromatic rings. The molecule has 7 nitrogen and oxygen atoms in total. The molecular formula is C24H23N3O4S. The molecule has 0 radical (unpaired) electrons. The molecule has 2 N–H and O–H groups in total. The molecule has 32 heavy (non-hydrogen) atoms. The first-order chi connectivity index (χ1) is 15.3. The molecule has 1 atom stereocenters. The Morgan fingerprint density at radius 3 is 2.62 bits per heavy atom. The summed E-state index contributed by atoms with van der Waals surface area (Å²) < 4.78 is 26.6. The Morgan fingerprint density at radius 2 is 1.88 bits per heavy atom. The van der Waals surface area contributed by atoms with Gasteiger partial charge in [-0.15, -0.1) is 0 Å². The van der Waals surface area contributed by atoms with Crippen molar-refractivity contribution in [1.29, 1.82) is 0 Å². The van der Waals surface area contributed by atoms with Gasteiger partial charge in [0.05, 0.1) is 16.6 Å².